The van der Waals surface area contributed by atoms with Gasteiger partial charge in [-0.2, -0.15) is 5.01 Å². The lowest BCUT2D eigenvalue weighted by Crippen LogP contribution is -2.57. The maximum atomic E-state index is 13.8. The molecule has 0 aromatic heterocycles. The quantitative estimate of drug-likeness (QED) is 0.207. The fourth-order valence-corrected chi connectivity index (χ4v) is 4.91. The van der Waals surface area contributed by atoms with E-state index in [4.69, 9.17) is 34.8 Å². The summed E-state index contributed by atoms with van der Waals surface area (Å²) in [6.45, 7) is 0. The topological polar surface area (TPSA) is 74.8 Å². The minimum absolute atomic E-state index is 0.0273. The van der Waals surface area contributed by atoms with E-state index in [1.807, 2.05) is 12.2 Å². The van der Waals surface area contributed by atoms with Gasteiger partial charge in [-0.05, 0) is 61.7 Å². The lowest BCUT2D eigenvalue weighted by Gasteiger charge is -2.36. The number of imide groups is 1. The number of hydrogen-bond donors (Lipinski definition) is 0. The van der Waals surface area contributed by atoms with Crippen molar-refractivity contribution >= 4 is 58.3 Å². The van der Waals surface area contributed by atoms with E-state index in [-0.39, 0.29) is 33.5 Å². The predicted octanol–water partition coefficient (Wildman–Crippen LogP) is 5.32. The molecule has 2 aliphatic rings. The zero-order chi connectivity index (χ0) is 25.3. The number of amides is 3. The predicted molar refractivity (Wildman–Crippen MR) is 130 cm³/mol. The summed E-state index contributed by atoms with van der Waals surface area (Å²) >= 11 is 18.1. The van der Waals surface area contributed by atoms with Gasteiger partial charge < -0.3 is 0 Å². The number of halogens is 4. The third-order valence-corrected chi connectivity index (χ3v) is 7.14. The van der Waals surface area contributed by atoms with Gasteiger partial charge in [-0.25, -0.2) is 9.40 Å². The van der Waals surface area contributed by atoms with E-state index in [1.165, 1.54) is 30.3 Å². The van der Waals surface area contributed by atoms with Crippen LogP contribution in [0, 0.1) is 17.7 Å². The Morgan fingerprint density at radius 3 is 2.06 bits per heavy atom. The summed E-state index contributed by atoms with van der Waals surface area (Å²) in [7, 11) is 0. The van der Waals surface area contributed by atoms with Crippen LogP contribution in [0.15, 0.2) is 54.6 Å². The Balaban J connectivity index is 1.82. The highest BCUT2D eigenvalue weighted by atomic mass is 35.5. The Morgan fingerprint density at radius 1 is 0.943 bits per heavy atom. The van der Waals surface area contributed by atoms with Crippen LogP contribution in [0.2, 0.25) is 10.0 Å². The fourth-order valence-electron chi connectivity index (χ4n) is 4.40. The Hall–Kier alpha value is -2.74. The van der Waals surface area contributed by atoms with Gasteiger partial charge in [-0.15, -0.1) is 11.6 Å². The number of carbonyl (C=O) groups is 4. The second-order valence-corrected chi connectivity index (χ2v) is 9.48. The number of Topliss-reactive ketones (excluding diaryl/α,β-unsaturated/α-hetero) is 1. The SMILES string of the molecule is O=C(c1ccc(F)cc1)[C@@H](CCCl)N(C(=O)c1ccc(Cl)c(Cl)c1)N1C(=O)[C@H]2CC=CC[C@H]2C1=O. The number of fused-ring (bicyclic) bond motifs is 1. The van der Waals surface area contributed by atoms with Crippen molar-refractivity contribution in [3.8, 4) is 0 Å². The average molecular weight is 538 g/mol. The minimum atomic E-state index is -1.30. The molecule has 35 heavy (non-hydrogen) atoms. The van der Waals surface area contributed by atoms with Crippen molar-refractivity contribution in [1.82, 2.24) is 10.0 Å². The molecule has 4 rings (SSSR count). The maximum Gasteiger partial charge on any atom is 0.273 e. The van der Waals surface area contributed by atoms with E-state index in [0.717, 1.165) is 22.2 Å². The standard InChI is InChI=1S/C25H20Cl3FN2O4/c26-12-11-21(22(32)14-5-8-16(29)9-6-14)30(23(33)15-7-10-19(27)20(28)13-15)31-24(34)17-3-1-2-4-18(17)25(31)35/h1-2,5-10,13,17-18,21H,3-4,11-12H2/t17-,18+,21-/m1/s1. The number of ketones is 1. The summed E-state index contributed by atoms with van der Waals surface area (Å²) in [4.78, 5) is 54.1. The van der Waals surface area contributed by atoms with Crippen LogP contribution in [0.4, 0.5) is 4.39 Å². The Bertz CT molecular complexity index is 1190. The number of rotatable bonds is 7. The lowest BCUT2D eigenvalue weighted by molar-refractivity contribution is -0.156. The highest BCUT2D eigenvalue weighted by Gasteiger charge is 2.53. The second kappa shape index (κ2) is 10.5. The first-order valence-electron chi connectivity index (χ1n) is 10.9. The van der Waals surface area contributed by atoms with Crippen LogP contribution in [0.25, 0.3) is 0 Å². The van der Waals surface area contributed by atoms with Gasteiger partial charge in [0.25, 0.3) is 17.7 Å². The van der Waals surface area contributed by atoms with Crippen molar-refractivity contribution in [2.45, 2.75) is 25.3 Å². The molecule has 2 aromatic rings. The first-order valence-corrected chi connectivity index (χ1v) is 12.2. The molecule has 1 heterocycles. The van der Waals surface area contributed by atoms with Crippen LogP contribution in [-0.4, -0.2) is 45.4 Å². The molecule has 2 aromatic carbocycles. The van der Waals surface area contributed by atoms with Crippen molar-refractivity contribution in [3.63, 3.8) is 0 Å². The molecule has 6 nitrogen and oxygen atoms in total. The number of hydrogen-bond acceptors (Lipinski definition) is 4. The van der Waals surface area contributed by atoms with Crippen LogP contribution < -0.4 is 0 Å². The largest absolute Gasteiger partial charge is 0.292 e. The summed E-state index contributed by atoms with van der Waals surface area (Å²) in [6.07, 6.45) is 4.29. The molecule has 0 unspecified atom stereocenters. The van der Waals surface area contributed by atoms with E-state index < -0.39 is 47.2 Å². The van der Waals surface area contributed by atoms with E-state index in [9.17, 15) is 23.6 Å². The van der Waals surface area contributed by atoms with Gasteiger partial charge in [0, 0.05) is 17.0 Å². The van der Waals surface area contributed by atoms with Gasteiger partial charge in [0.2, 0.25) is 0 Å². The summed E-state index contributed by atoms with van der Waals surface area (Å²) in [5, 5.41) is 1.97. The number of hydrazine groups is 1. The molecule has 0 radical (unpaired) electrons. The zero-order valence-electron chi connectivity index (χ0n) is 18.3. The normalized spacial score (nSPS) is 20.1. The van der Waals surface area contributed by atoms with Crippen LogP contribution in [-0.2, 0) is 9.59 Å². The third-order valence-electron chi connectivity index (χ3n) is 6.18. The minimum Gasteiger partial charge on any atom is -0.292 e. The molecular weight excluding hydrogens is 518 g/mol. The highest BCUT2D eigenvalue weighted by molar-refractivity contribution is 6.42. The molecule has 182 valence electrons. The number of allylic oxidation sites excluding steroid dienone is 2. The highest BCUT2D eigenvalue weighted by Crippen LogP contribution is 2.37. The van der Waals surface area contributed by atoms with Gasteiger partial charge in [0.1, 0.15) is 11.9 Å². The third kappa shape index (κ3) is 4.85. The molecular formula is C25H20Cl3FN2O4. The van der Waals surface area contributed by atoms with E-state index in [2.05, 4.69) is 0 Å². The van der Waals surface area contributed by atoms with Crippen molar-refractivity contribution in [2.75, 3.05) is 5.88 Å². The molecule has 0 N–H and O–H groups in total. The second-order valence-electron chi connectivity index (χ2n) is 8.29. The molecule has 0 bridgehead atoms. The molecule has 0 spiro atoms. The molecule has 3 atom stereocenters. The lowest BCUT2D eigenvalue weighted by atomic mass is 9.85. The Kier molecular flexibility index (Phi) is 7.59. The van der Waals surface area contributed by atoms with Crippen molar-refractivity contribution in [2.24, 2.45) is 11.8 Å². The van der Waals surface area contributed by atoms with E-state index in [0.29, 0.717) is 12.8 Å². The number of benzene rings is 2. The van der Waals surface area contributed by atoms with Gasteiger partial charge in [0.05, 0.1) is 21.9 Å². The first kappa shape index (κ1) is 25.4. The Labute approximate surface area is 216 Å². The van der Waals surface area contributed by atoms with Gasteiger partial charge >= 0.3 is 0 Å². The molecule has 10 heteroatoms. The van der Waals surface area contributed by atoms with Crippen LogP contribution in [0.1, 0.15) is 40.0 Å². The van der Waals surface area contributed by atoms with Crippen molar-refractivity contribution in [1.29, 1.82) is 0 Å². The summed E-state index contributed by atoms with van der Waals surface area (Å²) in [6, 6.07) is 7.58. The van der Waals surface area contributed by atoms with Crippen LogP contribution in [0.3, 0.4) is 0 Å². The molecule has 3 amide bonds. The molecule has 1 saturated heterocycles. The molecule has 0 saturated carbocycles. The summed E-state index contributed by atoms with van der Waals surface area (Å²) in [5.74, 6) is -4.36. The van der Waals surface area contributed by atoms with E-state index >= 15 is 0 Å². The van der Waals surface area contributed by atoms with Crippen LogP contribution >= 0.6 is 34.8 Å². The molecule has 1 fully saturated rings. The first-order chi connectivity index (χ1) is 16.7. The number of nitrogens with zero attached hydrogens (tertiary/aromatic N) is 2. The molecule has 1 aliphatic carbocycles. The van der Waals surface area contributed by atoms with Crippen molar-refractivity contribution < 1.29 is 23.6 Å². The van der Waals surface area contributed by atoms with Crippen LogP contribution in [0.5, 0.6) is 0 Å². The number of alkyl halides is 1. The van der Waals surface area contributed by atoms with Gasteiger partial charge in [-0.1, -0.05) is 35.4 Å². The average Bonchev–Trinajstić information content (AvgIpc) is 3.10. The monoisotopic (exact) mass is 536 g/mol. The zero-order valence-corrected chi connectivity index (χ0v) is 20.6. The fraction of sp³-hybridized carbons (Fsp3) is 0.280. The summed E-state index contributed by atoms with van der Waals surface area (Å²) < 4.78 is 13.5. The summed E-state index contributed by atoms with van der Waals surface area (Å²) in [5.41, 5.74) is 0.131. The smallest absolute Gasteiger partial charge is 0.273 e. The maximum absolute atomic E-state index is 13.8. The van der Waals surface area contributed by atoms with Gasteiger partial charge in [0.15, 0.2) is 5.78 Å². The Morgan fingerprint density at radius 2 is 1.51 bits per heavy atom. The van der Waals surface area contributed by atoms with Gasteiger partial charge in [-0.3, -0.25) is 19.2 Å². The number of carbonyl (C=O) groups excluding carboxylic acids is 4. The molecule has 1 aliphatic heterocycles. The van der Waals surface area contributed by atoms with E-state index in [1.54, 1.807) is 0 Å². The van der Waals surface area contributed by atoms with Crippen molar-refractivity contribution in [3.05, 3.63) is 81.6 Å².